The van der Waals surface area contributed by atoms with Crippen LogP contribution in [0.1, 0.15) is 37.8 Å². The molecule has 1 aromatic carbocycles. The summed E-state index contributed by atoms with van der Waals surface area (Å²) >= 11 is 0. The second-order valence-electron chi connectivity index (χ2n) is 3.71. The molecular formula is C12H20OSi. The highest BCUT2D eigenvalue weighted by Gasteiger charge is 2.05. The fourth-order valence-electron chi connectivity index (χ4n) is 1.91. The maximum absolute atomic E-state index is 9.38. The molecule has 0 aliphatic heterocycles. The van der Waals surface area contributed by atoms with Gasteiger partial charge >= 0.3 is 0 Å². The highest BCUT2D eigenvalue weighted by atomic mass is 28.2. The first-order valence-corrected chi connectivity index (χ1v) is 6.87. The minimum atomic E-state index is -0.996. The molecule has 0 fully saturated rings. The van der Waals surface area contributed by atoms with E-state index < -0.39 is 9.76 Å². The molecule has 1 aromatic rings. The molecule has 2 heteroatoms. The molecular weight excluding hydrogens is 188 g/mol. The highest BCUT2D eigenvalue weighted by Crippen LogP contribution is 2.11. The van der Waals surface area contributed by atoms with E-state index >= 15 is 0 Å². The Kier molecular flexibility index (Phi) is 4.91. The van der Waals surface area contributed by atoms with Crippen molar-refractivity contribution in [3.8, 4) is 0 Å². The Hall–Kier alpha value is -0.603. The zero-order valence-electron chi connectivity index (χ0n) is 9.21. The van der Waals surface area contributed by atoms with Crippen molar-refractivity contribution in [3.05, 3.63) is 29.3 Å². The van der Waals surface area contributed by atoms with Crippen molar-refractivity contribution in [1.29, 1.82) is 0 Å². The summed E-state index contributed by atoms with van der Waals surface area (Å²) in [6.07, 6.45) is 4.63. The standard InChI is InChI=1S/C12H20OSi/c1-3-6-10-8-5-9-12(14-13)11(10)7-4-2/h5,8-9,13H,3-4,6-7,14H2,1-2H3. The second kappa shape index (κ2) is 5.99. The normalized spacial score (nSPS) is 11.4. The Morgan fingerprint density at radius 3 is 2.43 bits per heavy atom. The lowest BCUT2D eigenvalue weighted by Crippen LogP contribution is -2.20. The third-order valence-corrected chi connectivity index (χ3v) is 3.56. The largest absolute Gasteiger partial charge is 0.433 e. The van der Waals surface area contributed by atoms with Crippen molar-refractivity contribution in [2.24, 2.45) is 0 Å². The number of benzene rings is 1. The van der Waals surface area contributed by atoms with Crippen LogP contribution in [0.25, 0.3) is 0 Å². The molecule has 1 rings (SSSR count). The van der Waals surface area contributed by atoms with E-state index in [1.54, 1.807) is 0 Å². The van der Waals surface area contributed by atoms with E-state index in [0.29, 0.717) is 0 Å². The van der Waals surface area contributed by atoms with Gasteiger partial charge in [-0.15, -0.1) is 0 Å². The topological polar surface area (TPSA) is 20.2 Å². The van der Waals surface area contributed by atoms with Gasteiger partial charge in [0, 0.05) is 0 Å². The van der Waals surface area contributed by atoms with Crippen LogP contribution in [-0.2, 0) is 12.8 Å². The SMILES string of the molecule is CCCc1cccc([SiH2]O)c1CCC. The Morgan fingerprint density at radius 1 is 1.14 bits per heavy atom. The van der Waals surface area contributed by atoms with Crippen molar-refractivity contribution in [2.45, 2.75) is 39.5 Å². The molecule has 0 aromatic heterocycles. The van der Waals surface area contributed by atoms with Crippen LogP contribution in [-0.4, -0.2) is 14.6 Å². The summed E-state index contributed by atoms with van der Waals surface area (Å²) < 4.78 is 0. The van der Waals surface area contributed by atoms with E-state index in [9.17, 15) is 4.80 Å². The summed E-state index contributed by atoms with van der Waals surface area (Å²) in [4.78, 5) is 9.38. The molecule has 1 nitrogen and oxygen atoms in total. The van der Waals surface area contributed by atoms with Crippen molar-refractivity contribution in [3.63, 3.8) is 0 Å². The lowest BCUT2D eigenvalue weighted by atomic mass is 10.00. The van der Waals surface area contributed by atoms with Crippen LogP contribution >= 0.6 is 0 Å². The van der Waals surface area contributed by atoms with Crippen molar-refractivity contribution in [1.82, 2.24) is 0 Å². The second-order valence-corrected chi connectivity index (χ2v) is 4.79. The van der Waals surface area contributed by atoms with Gasteiger partial charge in [0.05, 0.1) is 0 Å². The van der Waals surface area contributed by atoms with E-state index in [4.69, 9.17) is 0 Å². The van der Waals surface area contributed by atoms with Crippen LogP contribution < -0.4 is 5.19 Å². The first kappa shape index (κ1) is 11.5. The Bertz CT molecular complexity index is 284. The number of aryl methyl sites for hydroxylation is 1. The van der Waals surface area contributed by atoms with Gasteiger partial charge in [-0.2, -0.15) is 0 Å². The molecule has 0 aliphatic rings. The molecule has 0 unspecified atom stereocenters. The molecule has 0 spiro atoms. The van der Waals surface area contributed by atoms with Gasteiger partial charge in [0.25, 0.3) is 0 Å². The molecule has 0 bridgehead atoms. The summed E-state index contributed by atoms with van der Waals surface area (Å²) in [5.41, 5.74) is 2.89. The Balaban J connectivity index is 3.00. The summed E-state index contributed by atoms with van der Waals surface area (Å²) in [6, 6.07) is 6.39. The van der Waals surface area contributed by atoms with Crippen molar-refractivity contribution in [2.75, 3.05) is 0 Å². The summed E-state index contributed by atoms with van der Waals surface area (Å²) in [5, 5.41) is 1.25. The van der Waals surface area contributed by atoms with E-state index in [1.165, 1.54) is 29.2 Å². The average Bonchev–Trinajstić information content (AvgIpc) is 2.21. The number of hydrogen-bond acceptors (Lipinski definition) is 1. The van der Waals surface area contributed by atoms with Crippen LogP contribution in [0.5, 0.6) is 0 Å². The number of hydrogen-bond donors (Lipinski definition) is 1. The molecule has 1 N–H and O–H groups in total. The zero-order valence-corrected chi connectivity index (χ0v) is 10.6. The molecule has 0 atom stereocenters. The predicted molar refractivity (Wildman–Crippen MR) is 64.8 cm³/mol. The molecule has 78 valence electrons. The predicted octanol–water partition coefficient (Wildman–Crippen LogP) is 1.29. The van der Waals surface area contributed by atoms with Gasteiger partial charge in [-0.25, -0.2) is 0 Å². The van der Waals surface area contributed by atoms with Gasteiger partial charge in [-0.3, -0.25) is 0 Å². The summed E-state index contributed by atoms with van der Waals surface area (Å²) in [5.74, 6) is 0. The van der Waals surface area contributed by atoms with E-state index in [2.05, 4.69) is 32.0 Å². The third-order valence-electron chi connectivity index (χ3n) is 2.56. The van der Waals surface area contributed by atoms with Gasteiger partial charge in [0.15, 0.2) is 9.76 Å². The highest BCUT2D eigenvalue weighted by molar-refractivity contribution is 6.46. The van der Waals surface area contributed by atoms with Gasteiger partial charge in [-0.1, -0.05) is 44.9 Å². The van der Waals surface area contributed by atoms with Crippen molar-refractivity contribution >= 4 is 14.9 Å². The summed E-state index contributed by atoms with van der Waals surface area (Å²) in [7, 11) is -0.996. The van der Waals surface area contributed by atoms with E-state index in [1.807, 2.05) is 0 Å². The first-order valence-electron chi connectivity index (χ1n) is 5.54. The zero-order chi connectivity index (χ0) is 10.4. The molecule has 0 saturated carbocycles. The smallest absolute Gasteiger partial charge is 0.188 e. The lowest BCUT2D eigenvalue weighted by molar-refractivity contribution is 0.614. The maximum atomic E-state index is 9.38. The molecule has 0 radical (unpaired) electrons. The first-order chi connectivity index (χ1) is 6.83. The average molecular weight is 208 g/mol. The number of rotatable bonds is 5. The van der Waals surface area contributed by atoms with E-state index in [0.717, 1.165) is 12.8 Å². The monoisotopic (exact) mass is 208 g/mol. The molecule has 0 aliphatic carbocycles. The minimum absolute atomic E-state index is 0.996. The van der Waals surface area contributed by atoms with Crippen LogP contribution in [0.3, 0.4) is 0 Å². The van der Waals surface area contributed by atoms with Crippen LogP contribution in [0, 0.1) is 0 Å². The fraction of sp³-hybridized carbons (Fsp3) is 0.500. The molecule has 0 heterocycles. The Labute approximate surface area is 89.1 Å². The van der Waals surface area contributed by atoms with Crippen LogP contribution in [0.4, 0.5) is 0 Å². The van der Waals surface area contributed by atoms with Crippen LogP contribution in [0.15, 0.2) is 18.2 Å². The lowest BCUT2D eigenvalue weighted by Gasteiger charge is -2.11. The van der Waals surface area contributed by atoms with E-state index in [-0.39, 0.29) is 0 Å². The summed E-state index contributed by atoms with van der Waals surface area (Å²) in [6.45, 7) is 4.41. The maximum Gasteiger partial charge on any atom is 0.188 e. The Morgan fingerprint density at radius 2 is 1.86 bits per heavy atom. The van der Waals surface area contributed by atoms with Gasteiger partial charge in [0.2, 0.25) is 0 Å². The van der Waals surface area contributed by atoms with Crippen molar-refractivity contribution < 1.29 is 4.80 Å². The third kappa shape index (κ3) is 2.69. The molecule has 14 heavy (non-hydrogen) atoms. The minimum Gasteiger partial charge on any atom is -0.433 e. The van der Waals surface area contributed by atoms with Crippen LogP contribution in [0.2, 0.25) is 0 Å². The molecule has 0 amide bonds. The molecule has 0 saturated heterocycles. The van der Waals surface area contributed by atoms with Gasteiger partial charge < -0.3 is 4.80 Å². The quantitative estimate of drug-likeness (QED) is 0.723. The van der Waals surface area contributed by atoms with Gasteiger partial charge in [0.1, 0.15) is 0 Å². The fourth-order valence-corrected chi connectivity index (χ4v) is 2.75. The van der Waals surface area contributed by atoms with Gasteiger partial charge in [-0.05, 0) is 29.2 Å².